The summed E-state index contributed by atoms with van der Waals surface area (Å²) in [7, 11) is 0. The summed E-state index contributed by atoms with van der Waals surface area (Å²) < 4.78 is 4.94. The van der Waals surface area contributed by atoms with Crippen molar-refractivity contribution < 1.29 is 24.5 Å². The number of carbonyl (C=O) groups excluding carboxylic acids is 1. The van der Waals surface area contributed by atoms with E-state index in [1.54, 1.807) is 13.8 Å². The first-order valence-electron chi connectivity index (χ1n) is 9.24. The number of rotatable bonds is 11. The smallest absolute Gasteiger partial charge is 0.313 e. The monoisotopic (exact) mass is 364 g/mol. The van der Waals surface area contributed by atoms with Crippen LogP contribution in [0.5, 0.6) is 0 Å². The highest BCUT2D eigenvalue weighted by molar-refractivity contribution is 5.81. The topological polar surface area (TPSA) is 83.8 Å². The first-order valence-corrected chi connectivity index (χ1v) is 9.24. The zero-order valence-corrected chi connectivity index (χ0v) is 16.4. The summed E-state index contributed by atoms with van der Waals surface area (Å²) in [4.78, 5) is 23.5. The summed E-state index contributed by atoms with van der Waals surface area (Å²) in [6.07, 6.45) is 2.77. The van der Waals surface area contributed by atoms with Crippen molar-refractivity contribution in [1.29, 1.82) is 0 Å². The first-order chi connectivity index (χ1) is 12.1. The Morgan fingerprint density at radius 3 is 2.42 bits per heavy atom. The maximum absolute atomic E-state index is 12.0. The van der Waals surface area contributed by atoms with E-state index in [9.17, 15) is 19.8 Å². The van der Waals surface area contributed by atoms with Gasteiger partial charge in [0.25, 0.3) is 0 Å². The first kappa shape index (κ1) is 22.2. The molecule has 1 atom stereocenters. The summed E-state index contributed by atoms with van der Waals surface area (Å²) in [6.45, 7) is 7.91. The fourth-order valence-electron chi connectivity index (χ4n) is 2.92. The van der Waals surface area contributed by atoms with Gasteiger partial charge in [-0.25, -0.2) is 0 Å². The van der Waals surface area contributed by atoms with Crippen LogP contribution in [0, 0.1) is 5.41 Å². The van der Waals surface area contributed by atoms with Gasteiger partial charge in [-0.15, -0.1) is 0 Å². The van der Waals surface area contributed by atoms with Crippen LogP contribution < -0.4 is 0 Å². The van der Waals surface area contributed by atoms with Gasteiger partial charge in [0.15, 0.2) is 0 Å². The molecule has 0 heterocycles. The number of ether oxygens (including phenoxy) is 1. The van der Waals surface area contributed by atoms with Gasteiger partial charge in [-0.05, 0) is 49.7 Å². The summed E-state index contributed by atoms with van der Waals surface area (Å²) in [5, 5.41) is 19.2. The van der Waals surface area contributed by atoms with Gasteiger partial charge in [0, 0.05) is 13.0 Å². The second-order valence-corrected chi connectivity index (χ2v) is 7.82. The van der Waals surface area contributed by atoms with Gasteiger partial charge in [0.1, 0.15) is 0 Å². The average molecular weight is 364 g/mol. The van der Waals surface area contributed by atoms with E-state index in [4.69, 9.17) is 4.74 Å². The van der Waals surface area contributed by atoms with Crippen LogP contribution >= 0.6 is 0 Å². The molecule has 0 spiro atoms. The van der Waals surface area contributed by atoms with E-state index in [1.807, 2.05) is 38.1 Å². The van der Waals surface area contributed by atoms with E-state index in [-0.39, 0.29) is 24.4 Å². The Morgan fingerprint density at radius 2 is 1.85 bits per heavy atom. The van der Waals surface area contributed by atoms with E-state index in [1.165, 1.54) is 0 Å². The van der Waals surface area contributed by atoms with Gasteiger partial charge >= 0.3 is 11.9 Å². The maximum Gasteiger partial charge on any atom is 0.313 e. The van der Waals surface area contributed by atoms with Crippen LogP contribution in [0.2, 0.25) is 0 Å². The summed E-state index contributed by atoms with van der Waals surface area (Å²) >= 11 is 0. The molecule has 5 nitrogen and oxygen atoms in total. The van der Waals surface area contributed by atoms with Gasteiger partial charge in [0.2, 0.25) is 0 Å². The fourth-order valence-corrected chi connectivity index (χ4v) is 2.92. The average Bonchev–Trinajstić information content (AvgIpc) is 2.60. The highest BCUT2D eigenvalue weighted by atomic mass is 16.5. The third-order valence-corrected chi connectivity index (χ3v) is 4.92. The number of esters is 1. The molecule has 0 saturated carbocycles. The van der Waals surface area contributed by atoms with Gasteiger partial charge < -0.3 is 14.9 Å². The lowest BCUT2D eigenvalue weighted by Gasteiger charge is -2.28. The Kier molecular flexibility index (Phi) is 8.28. The molecule has 0 aromatic heterocycles. The third-order valence-electron chi connectivity index (χ3n) is 4.92. The van der Waals surface area contributed by atoms with Crippen molar-refractivity contribution in [2.45, 2.75) is 65.2 Å². The van der Waals surface area contributed by atoms with Crippen molar-refractivity contribution in [3.8, 4) is 0 Å². The second-order valence-electron chi connectivity index (χ2n) is 7.82. The minimum atomic E-state index is -0.995. The van der Waals surface area contributed by atoms with Crippen molar-refractivity contribution in [2.24, 2.45) is 5.41 Å². The van der Waals surface area contributed by atoms with E-state index >= 15 is 0 Å². The quantitative estimate of drug-likeness (QED) is 0.585. The van der Waals surface area contributed by atoms with Gasteiger partial charge in [-0.2, -0.15) is 0 Å². The lowest BCUT2D eigenvalue weighted by atomic mass is 9.75. The molecule has 0 bridgehead atoms. The Hall–Kier alpha value is -1.88. The number of aliphatic carboxylic acids is 1. The molecule has 0 radical (unpaired) electrons. The molecular formula is C21H32O5. The van der Waals surface area contributed by atoms with Gasteiger partial charge in [-0.1, -0.05) is 44.5 Å². The molecule has 146 valence electrons. The summed E-state index contributed by atoms with van der Waals surface area (Å²) in [5.41, 5.74) is 0.471. The molecule has 0 saturated heterocycles. The van der Waals surface area contributed by atoms with Crippen molar-refractivity contribution in [3.05, 3.63) is 35.4 Å². The highest BCUT2D eigenvalue weighted by Gasteiger charge is 2.35. The molecule has 0 aliphatic carbocycles. The minimum Gasteiger partial charge on any atom is -0.481 e. The molecule has 0 aliphatic rings. The predicted molar refractivity (Wildman–Crippen MR) is 101 cm³/mol. The molecule has 5 heteroatoms. The molecule has 0 amide bonds. The van der Waals surface area contributed by atoms with Crippen LogP contribution in [0.4, 0.5) is 0 Å². The molecule has 0 aliphatic heterocycles. The lowest BCUT2D eigenvalue weighted by Crippen LogP contribution is -2.33. The number of hydrogen-bond acceptors (Lipinski definition) is 4. The highest BCUT2D eigenvalue weighted by Crippen LogP contribution is 2.33. The SMILES string of the molecule is CCOC(=O)CCc1cccc(C(C)(CCCC(C)(C)CO)C(=O)O)c1. The summed E-state index contributed by atoms with van der Waals surface area (Å²) in [6, 6.07) is 7.46. The molecule has 2 N–H and O–H groups in total. The molecule has 26 heavy (non-hydrogen) atoms. The van der Waals surface area contributed by atoms with Crippen LogP contribution in [0.3, 0.4) is 0 Å². The number of carbonyl (C=O) groups is 2. The van der Waals surface area contributed by atoms with Crippen molar-refractivity contribution >= 4 is 11.9 Å². The fraction of sp³-hybridized carbons (Fsp3) is 0.619. The van der Waals surface area contributed by atoms with E-state index in [0.717, 1.165) is 17.5 Å². The van der Waals surface area contributed by atoms with Crippen molar-refractivity contribution in [3.63, 3.8) is 0 Å². The number of carboxylic acid groups (broad SMARTS) is 1. The van der Waals surface area contributed by atoms with E-state index in [0.29, 0.717) is 25.9 Å². The number of aliphatic hydroxyl groups is 1. The third kappa shape index (κ3) is 6.45. The number of carboxylic acids is 1. The van der Waals surface area contributed by atoms with Crippen LogP contribution in [0.1, 0.15) is 64.5 Å². The van der Waals surface area contributed by atoms with E-state index < -0.39 is 11.4 Å². The standard InChI is InChI=1S/C21H32O5/c1-5-26-18(23)11-10-16-8-6-9-17(14-16)21(4,19(24)25)13-7-12-20(2,3)15-22/h6,8-9,14,22H,5,7,10-13,15H2,1-4H3,(H,24,25). The van der Waals surface area contributed by atoms with E-state index in [2.05, 4.69) is 0 Å². The van der Waals surface area contributed by atoms with Crippen LogP contribution in [0.25, 0.3) is 0 Å². The van der Waals surface area contributed by atoms with Crippen LogP contribution in [0.15, 0.2) is 24.3 Å². The number of benzene rings is 1. The zero-order chi connectivity index (χ0) is 19.8. The Labute approximate surface area is 156 Å². The van der Waals surface area contributed by atoms with Crippen molar-refractivity contribution in [2.75, 3.05) is 13.2 Å². The molecule has 1 aromatic rings. The Bertz CT molecular complexity index is 608. The molecular weight excluding hydrogens is 332 g/mol. The van der Waals surface area contributed by atoms with Crippen molar-refractivity contribution in [1.82, 2.24) is 0 Å². The number of hydrogen-bond donors (Lipinski definition) is 2. The largest absolute Gasteiger partial charge is 0.481 e. The van der Waals surface area contributed by atoms with Crippen LogP contribution in [-0.2, 0) is 26.2 Å². The predicted octanol–water partition coefficient (Wildman–Crippen LogP) is 3.71. The van der Waals surface area contributed by atoms with Gasteiger partial charge in [0.05, 0.1) is 12.0 Å². The molecule has 1 unspecified atom stereocenters. The Morgan fingerprint density at radius 1 is 1.15 bits per heavy atom. The zero-order valence-electron chi connectivity index (χ0n) is 16.4. The molecule has 1 aromatic carbocycles. The molecule has 1 rings (SSSR count). The molecule has 0 fully saturated rings. The number of aliphatic hydroxyl groups excluding tert-OH is 1. The maximum atomic E-state index is 12.0. The number of aryl methyl sites for hydroxylation is 1. The summed E-state index contributed by atoms with van der Waals surface area (Å²) in [5.74, 6) is -1.10. The van der Waals surface area contributed by atoms with Crippen LogP contribution in [-0.4, -0.2) is 35.4 Å². The second kappa shape index (κ2) is 9.72. The lowest BCUT2D eigenvalue weighted by molar-refractivity contribution is -0.144. The minimum absolute atomic E-state index is 0.0835. The van der Waals surface area contributed by atoms with Gasteiger partial charge in [-0.3, -0.25) is 9.59 Å². The normalized spacial score (nSPS) is 13.9. The Balaban J connectivity index is 2.87.